The molecule has 0 bridgehead atoms. The molecule has 4 amide bonds. The number of carbonyl (C=O) groups is 4. The Kier molecular flexibility index (Phi) is 7.29. The molecule has 2 heterocycles. The van der Waals surface area contributed by atoms with Crippen molar-refractivity contribution in [3.05, 3.63) is 75.3 Å². The summed E-state index contributed by atoms with van der Waals surface area (Å²) in [6.45, 7) is 0.499. The fourth-order valence-corrected chi connectivity index (χ4v) is 4.43. The molecule has 174 valence electrons. The van der Waals surface area contributed by atoms with Crippen LogP contribution in [0.15, 0.2) is 48.5 Å². The molecule has 1 aromatic heterocycles. The minimum absolute atomic E-state index is 0.121. The third-order valence-corrected chi connectivity index (χ3v) is 6.35. The van der Waals surface area contributed by atoms with E-state index in [1.807, 2.05) is 0 Å². The van der Waals surface area contributed by atoms with Crippen molar-refractivity contribution in [3.63, 3.8) is 0 Å². The molecular weight excluding hydrogens is 478 g/mol. The van der Waals surface area contributed by atoms with E-state index in [2.05, 4.69) is 20.8 Å². The van der Waals surface area contributed by atoms with Crippen LogP contribution in [0.2, 0.25) is 5.02 Å². The zero-order valence-corrected chi connectivity index (χ0v) is 19.5. The number of amides is 4. The molecule has 0 saturated carbocycles. The second-order valence-corrected chi connectivity index (χ2v) is 8.92. The van der Waals surface area contributed by atoms with Crippen molar-refractivity contribution < 1.29 is 19.2 Å². The topological polar surface area (TPSA) is 121 Å². The SMILES string of the molecule is O=C(CCCN1C(=O)c2ccccc2C1=O)Nc1nnc(CCNC(=O)c2ccccc2Cl)s1. The maximum absolute atomic E-state index is 12.4. The second kappa shape index (κ2) is 10.5. The Hall–Kier alpha value is -3.63. The van der Waals surface area contributed by atoms with Crippen LogP contribution in [-0.4, -0.2) is 51.8 Å². The summed E-state index contributed by atoms with van der Waals surface area (Å²) in [5, 5.41) is 14.8. The lowest BCUT2D eigenvalue weighted by atomic mass is 10.1. The Bertz CT molecular complexity index is 1230. The highest BCUT2D eigenvalue weighted by Gasteiger charge is 2.34. The number of fused-ring (bicyclic) bond motifs is 1. The fraction of sp³-hybridized carbons (Fsp3) is 0.217. The van der Waals surface area contributed by atoms with Crippen molar-refractivity contribution in [2.45, 2.75) is 19.3 Å². The van der Waals surface area contributed by atoms with Crippen LogP contribution < -0.4 is 10.6 Å². The number of carbonyl (C=O) groups excluding carboxylic acids is 4. The molecule has 2 aromatic carbocycles. The normalized spacial score (nSPS) is 12.6. The van der Waals surface area contributed by atoms with Crippen LogP contribution in [0.3, 0.4) is 0 Å². The molecule has 0 aliphatic carbocycles. The van der Waals surface area contributed by atoms with E-state index in [1.165, 1.54) is 11.3 Å². The van der Waals surface area contributed by atoms with Crippen LogP contribution in [-0.2, 0) is 11.2 Å². The summed E-state index contributed by atoms with van der Waals surface area (Å²) in [5.74, 6) is -1.24. The van der Waals surface area contributed by atoms with E-state index in [-0.39, 0.29) is 36.6 Å². The largest absolute Gasteiger partial charge is 0.352 e. The minimum atomic E-state index is -0.337. The Balaban J connectivity index is 1.19. The molecule has 2 N–H and O–H groups in total. The van der Waals surface area contributed by atoms with E-state index in [9.17, 15) is 19.2 Å². The number of hydrogen-bond donors (Lipinski definition) is 2. The van der Waals surface area contributed by atoms with Crippen LogP contribution in [0, 0.1) is 0 Å². The van der Waals surface area contributed by atoms with Gasteiger partial charge in [-0.05, 0) is 30.7 Å². The number of aromatic nitrogens is 2. The van der Waals surface area contributed by atoms with Gasteiger partial charge < -0.3 is 10.6 Å². The van der Waals surface area contributed by atoms with Gasteiger partial charge >= 0.3 is 0 Å². The van der Waals surface area contributed by atoms with E-state index >= 15 is 0 Å². The van der Waals surface area contributed by atoms with E-state index in [0.717, 1.165) is 4.90 Å². The standard InChI is InChI=1S/C23H20ClN5O4S/c24-17-9-4-3-8-16(17)20(31)25-12-11-19-27-28-23(34-19)26-18(30)10-5-13-29-21(32)14-6-1-2-7-15(14)22(29)33/h1-4,6-9H,5,10-13H2,(H,25,31)(H,26,28,30). The Labute approximate surface area is 204 Å². The van der Waals surface area contributed by atoms with Crippen LogP contribution in [0.5, 0.6) is 0 Å². The molecular formula is C23H20ClN5O4S. The molecule has 34 heavy (non-hydrogen) atoms. The van der Waals surface area contributed by atoms with Crippen LogP contribution in [0.1, 0.15) is 48.9 Å². The molecule has 0 atom stereocenters. The van der Waals surface area contributed by atoms with Gasteiger partial charge in [0.2, 0.25) is 11.0 Å². The molecule has 0 fully saturated rings. The average Bonchev–Trinajstić information content (AvgIpc) is 3.37. The van der Waals surface area contributed by atoms with Crippen molar-refractivity contribution in [2.75, 3.05) is 18.4 Å². The number of rotatable bonds is 9. The monoisotopic (exact) mass is 497 g/mol. The van der Waals surface area contributed by atoms with Crippen molar-refractivity contribution in [1.82, 2.24) is 20.4 Å². The molecule has 11 heteroatoms. The molecule has 9 nitrogen and oxygen atoms in total. The van der Waals surface area contributed by atoms with Gasteiger partial charge in [0.1, 0.15) is 5.01 Å². The van der Waals surface area contributed by atoms with Crippen molar-refractivity contribution in [3.8, 4) is 0 Å². The van der Waals surface area contributed by atoms with Gasteiger partial charge in [-0.25, -0.2) is 0 Å². The molecule has 0 unspecified atom stereocenters. The number of nitrogens with one attached hydrogen (secondary N) is 2. The lowest BCUT2D eigenvalue weighted by Crippen LogP contribution is -2.31. The van der Waals surface area contributed by atoms with Gasteiger partial charge in [-0.15, -0.1) is 10.2 Å². The lowest BCUT2D eigenvalue weighted by molar-refractivity contribution is -0.116. The summed E-state index contributed by atoms with van der Waals surface area (Å²) < 4.78 is 0. The lowest BCUT2D eigenvalue weighted by Gasteiger charge is -2.13. The zero-order valence-electron chi connectivity index (χ0n) is 17.9. The highest BCUT2D eigenvalue weighted by Crippen LogP contribution is 2.23. The second-order valence-electron chi connectivity index (χ2n) is 7.45. The maximum Gasteiger partial charge on any atom is 0.261 e. The first-order valence-corrected chi connectivity index (χ1v) is 11.7. The average molecular weight is 498 g/mol. The molecule has 0 spiro atoms. The van der Waals surface area contributed by atoms with Gasteiger partial charge in [0, 0.05) is 25.9 Å². The summed E-state index contributed by atoms with van der Waals surface area (Å²) in [6.07, 6.45) is 0.900. The number of anilines is 1. The highest BCUT2D eigenvalue weighted by atomic mass is 35.5. The van der Waals surface area contributed by atoms with Crippen LogP contribution in [0.25, 0.3) is 0 Å². The van der Waals surface area contributed by atoms with Crippen molar-refractivity contribution in [1.29, 1.82) is 0 Å². The van der Waals surface area contributed by atoms with E-state index < -0.39 is 0 Å². The van der Waals surface area contributed by atoms with Gasteiger partial charge in [-0.1, -0.05) is 47.2 Å². The zero-order chi connectivity index (χ0) is 24.1. The number of nitrogens with zero attached hydrogens (tertiary/aromatic N) is 3. The van der Waals surface area contributed by atoms with Gasteiger partial charge in [-0.3, -0.25) is 24.1 Å². The predicted octanol–water partition coefficient (Wildman–Crippen LogP) is 3.18. The Morgan fingerprint density at radius 2 is 1.65 bits per heavy atom. The van der Waals surface area contributed by atoms with Gasteiger partial charge in [0.05, 0.1) is 21.7 Å². The fourth-order valence-electron chi connectivity index (χ4n) is 3.45. The van der Waals surface area contributed by atoms with Crippen molar-refractivity contribution in [2.24, 2.45) is 0 Å². The quantitative estimate of drug-likeness (QED) is 0.438. The van der Waals surface area contributed by atoms with Gasteiger partial charge in [-0.2, -0.15) is 0 Å². The number of hydrogen-bond acceptors (Lipinski definition) is 7. The van der Waals surface area contributed by atoms with E-state index in [4.69, 9.17) is 11.6 Å². The highest BCUT2D eigenvalue weighted by molar-refractivity contribution is 7.15. The van der Waals surface area contributed by atoms with Crippen LogP contribution >= 0.6 is 22.9 Å². The van der Waals surface area contributed by atoms with Gasteiger partial charge in [0.25, 0.3) is 17.7 Å². The summed E-state index contributed by atoms with van der Waals surface area (Å²) in [4.78, 5) is 50.3. The summed E-state index contributed by atoms with van der Waals surface area (Å²) in [6, 6.07) is 13.4. The Morgan fingerprint density at radius 3 is 2.35 bits per heavy atom. The minimum Gasteiger partial charge on any atom is -0.352 e. The predicted molar refractivity (Wildman–Crippen MR) is 127 cm³/mol. The molecule has 3 aromatic rings. The number of benzene rings is 2. The van der Waals surface area contributed by atoms with Gasteiger partial charge in [0.15, 0.2) is 0 Å². The van der Waals surface area contributed by atoms with Crippen molar-refractivity contribution >= 4 is 51.7 Å². The molecule has 0 radical (unpaired) electrons. The third kappa shape index (κ3) is 5.29. The summed E-state index contributed by atoms with van der Waals surface area (Å²) in [7, 11) is 0. The first kappa shape index (κ1) is 23.5. The molecule has 0 saturated heterocycles. The number of halogens is 1. The third-order valence-electron chi connectivity index (χ3n) is 5.12. The molecule has 1 aliphatic rings. The molecule has 1 aliphatic heterocycles. The first-order valence-electron chi connectivity index (χ1n) is 10.5. The first-order chi connectivity index (χ1) is 16.4. The smallest absolute Gasteiger partial charge is 0.261 e. The maximum atomic E-state index is 12.4. The summed E-state index contributed by atoms with van der Waals surface area (Å²) >= 11 is 7.23. The number of imide groups is 1. The Morgan fingerprint density at radius 1 is 0.971 bits per heavy atom. The molecule has 4 rings (SSSR count). The van der Waals surface area contributed by atoms with E-state index in [1.54, 1.807) is 48.5 Å². The summed E-state index contributed by atoms with van der Waals surface area (Å²) in [5.41, 5.74) is 1.18. The van der Waals surface area contributed by atoms with Crippen LogP contribution in [0.4, 0.5) is 5.13 Å². The van der Waals surface area contributed by atoms with E-state index in [0.29, 0.717) is 51.2 Å².